The van der Waals surface area contributed by atoms with E-state index in [1.165, 1.54) is 0 Å². The third kappa shape index (κ3) is 10.5. The summed E-state index contributed by atoms with van der Waals surface area (Å²) in [5.41, 5.74) is 10.4. The first-order chi connectivity index (χ1) is 23.9. The van der Waals surface area contributed by atoms with Crippen molar-refractivity contribution in [1.29, 1.82) is 0 Å². The quantitative estimate of drug-likeness (QED) is 0.0998. The minimum absolute atomic E-state index is 0.149. The van der Waals surface area contributed by atoms with Crippen molar-refractivity contribution in [3.63, 3.8) is 0 Å². The summed E-state index contributed by atoms with van der Waals surface area (Å²) in [4.78, 5) is 3.77. The Morgan fingerprint density at radius 2 is 1.65 bits per heavy atom. The topological polar surface area (TPSA) is 163 Å². The second-order valence-corrected chi connectivity index (χ2v) is 16.9. The highest BCUT2D eigenvalue weighted by molar-refractivity contribution is 7.85. The lowest BCUT2D eigenvalue weighted by Crippen LogP contribution is -2.36. The standard InChI is InChI=1S/C31H34N2O7S3.C5H13N3/c1-4-23(19-29-32(13-7-15-42(34,35)36)26-17-21(2)22(3)18-27(26)40-29)20-30-33(14-8-16-43(37,38)39)31-25-10-6-5-9-24(25)11-12-28(31)41-30;1-7(2)5(6)8(3)4/h5-6,9-12,17-20H,4,7-8,13-16H2,1-3H3,(H-,34,35,36,37,38,39);6H,1-4H3. The van der Waals surface area contributed by atoms with Gasteiger partial charge in [0.05, 0.1) is 59.5 Å². The molecule has 1 aliphatic heterocycles. The van der Waals surface area contributed by atoms with Gasteiger partial charge in [-0.2, -0.15) is 4.57 Å². The molecular formula is C36H47N5O7S3. The summed E-state index contributed by atoms with van der Waals surface area (Å²) in [6, 6.07) is 16.1. The van der Waals surface area contributed by atoms with Crippen LogP contribution in [0.3, 0.4) is 0 Å². The molecule has 15 heteroatoms. The molecule has 0 amide bonds. The van der Waals surface area contributed by atoms with Crippen LogP contribution in [0.25, 0.3) is 27.1 Å². The maximum absolute atomic E-state index is 11.4. The molecule has 276 valence electrons. The van der Waals surface area contributed by atoms with E-state index in [0.717, 1.165) is 54.3 Å². The average molecular weight is 758 g/mol. The van der Waals surface area contributed by atoms with Crippen LogP contribution < -0.4 is 19.9 Å². The van der Waals surface area contributed by atoms with Crippen molar-refractivity contribution in [2.45, 2.75) is 46.6 Å². The van der Waals surface area contributed by atoms with Gasteiger partial charge >= 0.3 is 5.96 Å². The summed E-state index contributed by atoms with van der Waals surface area (Å²) in [6.45, 7) is 6.65. The van der Waals surface area contributed by atoms with Crippen molar-refractivity contribution in [3.05, 3.63) is 82.2 Å². The smallest absolute Gasteiger partial charge is 0.344 e. The molecule has 0 saturated heterocycles. The van der Waals surface area contributed by atoms with Gasteiger partial charge in [-0.3, -0.25) is 15.2 Å². The summed E-state index contributed by atoms with van der Waals surface area (Å²) in [7, 11) is -1.05. The molecule has 0 saturated carbocycles. The molecule has 0 bridgehead atoms. The summed E-state index contributed by atoms with van der Waals surface area (Å²) in [6.07, 6.45) is 4.94. The van der Waals surface area contributed by atoms with Gasteiger partial charge in [0.2, 0.25) is 11.4 Å². The molecule has 0 unspecified atom stereocenters. The van der Waals surface area contributed by atoms with Crippen molar-refractivity contribution >= 4 is 70.3 Å². The number of allylic oxidation sites excluding steroid dienone is 2. The Labute approximate surface area is 305 Å². The van der Waals surface area contributed by atoms with Crippen molar-refractivity contribution < 1.29 is 39.8 Å². The fraction of sp³-hybridized carbons (Fsp3) is 0.389. The van der Waals surface area contributed by atoms with E-state index >= 15 is 0 Å². The molecule has 0 radical (unpaired) electrons. The number of thiazole rings is 1. The van der Waals surface area contributed by atoms with Crippen LogP contribution in [-0.4, -0.2) is 87.6 Å². The first kappa shape index (κ1) is 39.8. The fourth-order valence-electron chi connectivity index (χ4n) is 5.66. The van der Waals surface area contributed by atoms with Crippen molar-refractivity contribution in [3.8, 4) is 5.75 Å². The zero-order valence-electron chi connectivity index (χ0n) is 30.2. The van der Waals surface area contributed by atoms with Crippen LogP contribution in [0.15, 0.2) is 66.1 Å². The number of benzene rings is 3. The number of fused-ring (bicyclic) bond motifs is 4. The van der Waals surface area contributed by atoms with Gasteiger partial charge in [0.25, 0.3) is 5.01 Å². The Morgan fingerprint density at radius 3 is 2.25 bits per heavy atom. The van der Waals surface area contributed by atoms with Crippen LogP contribution in [0.4, 0.5) is 5.69 Å². The zero-order valence-corrected chi connectivity index (χ0v) is 32.6. The summed E-state index contributed by atoms with van der Waals surface area (Å²) < 4.78 is 79.3. The molecule has 5 rings (SSSR count). The number of nitrogens with zero attached hydrogens (tertiary/aromatic N) is 4. The van der Waals surface area contributed by atoms with E-state index in [1.807, 2.05) is 112 Å². The van der Waals surface area contributed by atoms with Crippen LogP contribution in [0.1, 0.15) is 42.3 Å². The number of aryl methyl sites for hydroxylation is 3. The number of aromatic nitrogens is 1. The molecule has 4 aromatic rings. The lowest BCUT2D eigenvalue weighted by Gasteiger charge is -2.19. The van der Waals surface area contributed by atoms with E-state index in [1.54, 1.807) is 11.3 Å². The van der Waals surface area contributed by atoms with E-state index in [2.05, 4.69) is 16.7 Å². The predicted molar refractivity (Wildman–Crippen MR) is 203 cm³/mol. The lowest BCUT2D eigenvalue weighted by molar-refractivity contribution is -0.667. The monoisotopic (exact) mass is 757 g/mol. The second kappa shape index (κ2) is 16.5. The summed E-state index contributed by atoms with van der Waals surface area (Å²) in [5, 5.41) is 3.00. The number of anilines is 1. The Bertz CT molecular complexity index is 2220. The summed E-state index contributed by atoms with van der Waals surface area (Å²) in [5.74, 6) is 1.05. The van der Waals surface area contributed by atoms with Gasteiger partial charge < -0.3 is 18.7 Å². The van der Waals surface area contributed by atoms with Crippen LogP contribution in [0, 0.1) is 13.8 Å². The molecule has 1 aromatic heterocycles. The molecule has 0 fully saturated rings. The molecule has 2 heterocycles. The number of rotatable bonds is 11. The number of nitrogens with two attached hydrogens (primary N) is 1. The SMILES string of the molecule is CCC(/C=C1\Oc2cc(C)c(C)cc2N1CCCS(=O)(=O)[O-])=C\c1sc2ccc3ccccc3c2[n+]1CCCS(=O)(=O)[O-].CN(C)C(N)=[N+](C)C. The predicted octanol–water partition coefficient (Wildman–Crippen LogP) is 4.50. The average Bonchev–Trinajstić information content (AvgIpc) is 3.56. The Morgan fingerprint density at radius 1 is 1.00 bits per heavy atom. The van der Waals surface area contributed by atoms with Gasteiger partial charge in [-0.25, -0.2) is 16.8 Å². The summed E-state index contributed by atoms with van der Waals surface area (Å²) >= 11 is 1.58. The van der Waals surface area contributed by atoms with Gasteiger partial charge in [-0.15, -0.1) is 0 Å². The van der Waals surface area contributed by atoms with Gasteiger partial charge in [-0.05, 0) is 73.0 Å². The van der Waals surface area contributed by atoms with Crippen LogP contribution >= 0.6 is 11.3 Å². The van der Waals surface area contributed by atoms with Crippen LogP contribution in [0.5, 0.6) is 5.75 Å². The van der Waals surface area contributed by atoms with Gasteiger partial charge in [0, 0.05) is 36.6 Å². The molecule has 0 aliphatic carbocycles. The van der Waals surface area contributed by atoms with E-state index in [-0.39, 0.29) is 12.8 Å². The van der Waals surface area contributed by atoms with E-state index in [9.17, 15) is 25.9 Å². The number of hydrogen-bond donors (Lipinski definition) is 1. The Kier molecular flexibility index (Phi) is 12.9. The molecule has 12 nitrogen and oxygen atoms in total. The largest absolute Gasteiger partial charge is 0.748 e. The second-order valence-electron chi connectivity index (χ2n) is 12.8. The maximum atomic E-state index is 11.4. The number of guanidine groups is 1. The normalized spacial score (nSPS) is 14.0. The van der Waals surface area contributed by atoms with E-state index in [0.29, 0.717) is 31.1 Å². The highest BCUT2D eigenvalue weighted by atomic mass is 32.2. The highest BCUT2D eigenvalue weighted by Gasteiger charge is 2.28. The molecule has 1 aliphatic rings. The molecule has 51 heavy (non-hydrogen) atoms. The maximum Gasteiger partial charge on any atom is 0.344 e. The van der Waals surface area contributed by atoms with Crippen LogP contribution in [0.2, 0.25) is 0 Å². The molecular weight excluding hydrogens is 711 g/mol. The minimum atomic E-state index is -4.35. The first-order valence-electron chi connectivity index (χ1n) is 16.6. The highest BCUT2D eigenvalue weighted by Crippen LogP contribution is 2.41. The minimum Gasteiger partial charge on any atom is -0.748 e. The van der Waals surface area contributed by atoms with Gasteiger partial charge in [-0.1, -0.05) is 42.5 Å². The van der Waals surface area contributed by atoms with Gasteiger partial charge in [0.1, 0.15) is 4.70 Å². The van der Waals surface area contributed by atoms with E-state index < -0.39 is 31.7 Å². The molecule has 0 spiro atoms. The van der Waals surface area contributed by atoms with Gasteiger partial charge in [0.15, 0.2) is 12.3 Å². The fourth-order valence-corrected chi connectivity index (χ4v) is 7.80. The Hall–Kier alpha value is -4.02. The third-order valence-corrected chi connectivity index (χ3v) is 11.1. The van der Waals surface area contributed by atoms with Crippen LogP contribution in [-0.2, 0) is 26.8 Å². The molecule has 2 N–H and O–H groups in total. The molecule has 3 aromatic carbocycles. The first-order valence-corrected chi connectivity index (χ1v) is 20.5. The third-order valence-electron chi connectivity index (χ3n) is 8.46. The lowest BCUT2D eigenvalue weighted by atomic mass is 10.1. The number of hydrogen-bond acceptors (Lipinski definition) is 9. The van der Waals surface area contributed by atoms with Crippen molar-refractivity contribution in [1.82, 2.24) is 4.90 Å². The van der Waals surface area contributed by atoms with Crippen molar-refractivity contribution in [2.24, 2.45) is 5.73 Å². The Balaban J connectivity index is 0.000000652. The van der Waals surface area contributed by atoms with E-state index in [4.69, 9.17) is 10.5 Å². The number of ether oxygens (including phenoxy) is 1. The zero-order chi connectivity index (χ0) is 37.7. The van der Waals surface area contributed by atoms with Crippen molar-refractivity contribution in [2.75, 3.05) is 51.1 Å². The molecule has 0 atom stereocenters.